The summed E-state index contributed by atoms with van der Waals surface area (Å²) in [6, 6.07) is 0.712. The molecular weight excluding hydrogens is 266 g/mol. The van der Waals surface area contributed by atoms with Gasteiger partial charge in [-0.25, -0.2) is 0 Å². The van der Waals surface area contributed by atoms with E-state index in [9.17, 15) is 0 Å². The van der Waals surface area contributed by atoms with Crippen LogP contribution in [0.2, 0.25) is 0 Å². The molecular formula is C17H31NOS. The fourth-order valence-corrected chi connectivity index (χ4v) is 5.76. The Balaban J connectivity index is 1.37. The minimum absolute atomic E-state index is 0.236. The van der Waals surface area contributed by atoms with Gasteiger partial charge in [-0.2, -0.15) is 11.8 Å². The van der Waals surface area contributed by atoms with Gasteiger partial charge in [0.1, 0.15) is 0 Å². The van der Waals surface area contributed by atoms with Crippen molar-refractivity contribution in [2.45, 2.75) is 69.9 Å². The van der Waals surface area contributed by atoms with Gasteiger partial charge in [-0.05, 0) is 56.2 Å². The number of nitrogens with one attached hydrogen (secondary N) is 1. The van der Waals surface area contributed by atoms with Crippen LogP contribution in [0.5, 0.6) is 0 Å². The van der Waals surface area contributed by atoms with Crippen LogP contribution >= 0.6 is 11.8 Å². The molecule has 0 amide bonds. The van der Waals surface area contributed by atoms with Gasteiger partial charge < -0.3 is 10.1 Å². The predicted molar refractivity (Wildman–Crippen MR) is 87.4 cm³/mol. The minimum atomic E-state index is 0.236. The van der Waals surface area contributed by atoms with Crippen LogP contribution in [-0.4, -0.2) is 36.3 Å². The van der Waals surface area contributed by atoms with Crippen LogP contribution in [0.1, 0.15) is 58.3 Å². The van der Waals surface area contributed by atoms with Crippen LogP contribution in [0.3, 0.4) is 0 Å². The Labute approximate surface area is 128 Å². The summed E-state index contributed by atoms with van der Waals surface area (Å²) in [4.78, 5) is 0. The lowest BCUT2D eigenvalue weighted by Crippen LogP contribution is -2.47. The summed E-state index contributed by atoms with van der Waals surface area (Å²) in [7, 11) is 0. The molecule has 1 N–H and O–H groups in total. The lowest BCUT2D eigenvalue weighted by molar-refractivity contribution is -0.0701. The minimum Gasteiger partial charge on any atom is -0.374 e. The monoisotopic (exact) mass is 297 g/mol. The normalized spacial score (nSPS) is 42.1. The number of rotatable bonds is 4. The summed E-state index contributed by atoms with van der Waals surface area (Å²) in [6.45, 7) is 4.63. The zero-order valence-electron chi connectivity index (χ0n) is 13.0. The molecule has 2 saturated heterocycles. The highest BCUT2D eigenvalue weighted by Gasteiger charge is 2.40. The molecule has 4 atom stereocenters. The van der Waals surface area contributed by atoms with E-state index in [4.69, 9.17) is 4.74 Å². The van der Waals surface area contributed by atoms with Crippen molar-refractivity contribution in [3.63, 3.8) is 0 Å². The van der Waals surface area contributed by atoms with E-state index in [1.54, 1.807) is 0 Å². The van der Waals surface area contributed by atoms with E-state index in [2.05, 4.69) is 24.0 Å². The molecule has 3 rings (SSSR count). The standard InChI is InChI=1S/C17H31NOS/c1-14-3-2-4-15(11-14)5-8-18-16-6-9-19-17(12-16)7-10-20-13-17/h14-16,18H,2-13H2,1H3. The zero-order chi connectivity index (χ0) is 13.8. The molecule has 116 valence electrons. The van der Waals surface area contributed by atoms with Crippen molar-refractivity contribution >= 4 is 11.8 Å². The molecule has 0 aromatic carbocycles. The van der Waals surface area contributed by atoms with Gasteiger partial charge >= 0.3 is 0 Å². The third-order valence-electron chi connectivity index (χ3n) is 5.59. The lowest BCUT2D eigenvalue weighted by Gasteiger charge is -2.38. The molecule has 3 aliphatic rings. The van der Waals surface area contributed by atoms with E-state index in [0.717, 1.165) is 18.4 Å². The lowest BCUT2D eigenvalue weighted by atomic mass is 9.81. The van der Waals surface area contributed by atoms with E-state index < -0.39 is 0 Å². The molecule has 20 heavy (non-hydrogen) atoms. The van der Waals surface area contributed by atoms with E-state index in [1.807, 2.05) is 0 Å². The molecule has 1 saturated carbocycles. The predicted octanol–water partition coefficient (Wildman–Crippen LogP) is 3.85. The number of hydrogen-bond donors (Lipinski definition) is 1. The van der Waals surface area contributed by atoms with Crippen molar-refractivity contribution in [2.75, 3.05) is 24.7 Å². The molecule has 0 aromatic heterocycles. The van der Waals surface area contributed by atoms with Gasteiger partial charge in [0.2, 0.25) is 0 Å². The highest BCUT2D eigenvalue weighted by Crippen LogP contribution is 2.38. The Morgan fingerprint density at radius 3 is 3.05 bits per heavy atom. The van der Waals surface area contributed by atoms with Crippen molar-refractivity contribution < 1.29 is 4.74 Å². The van der Waals surface area contributed by atoms with Gasteiger partial charge in [-0.15, -0.1) is 0 Å². The van der Waals surface area contributed by atoms with Crippen molar-refractivity contribution in [3.05, 3.63) is 0 Å². The first-order valence-electron chi connectivity index (χ1n) is 8.71. The average molecular weight is 298 g/mol. The Kier molecular flexibility index (Phi) is 5.33. The van der Waals surface area contributed by atoms with Gasteiger partial charge in [0.05, 0.1) is 5.60 Å². The Morgan fingerprint density at radius 2 is 2.25 bits per heavy atom. The van der Waals surface area contributed by atoms with Crippen molar-refractivity contribution in [1.82, 2.24) is 5.32 Å². The van der Waals surface area contributed by atoms with Gasteiger partial charge in [0, 0.05) is 18.4 Å². The summed E-state index contributed by atoms with van der Waals surface area (Å²) >= 11 is 2.08. The van der Waals surface area contributed by atoms with Crippen molar-refractivity contribution in [1.29, 1.82) is 0 Å². The van der Waals surface area contributed by atoms with Gasteiger partial charge in [0.25, 0.3) is 0 Å². The van der Waals surface area contributed by atoms with Crippen LogP contribution in [0.15, 0.2) is 0 Å². The molecule has 2 aliphatic heterocycles. The topological polar surface area (TPSA) is 21.3 Å². The average Bonchev–Trinajstić information content (AvgIpc) is 2.87. The van der Waals surface area contributed by atoms with Crippen molar-refractivity contribution in [3.8, 4) is 0 Å². The fraction of sp³-hybridized carbons (Fsp3) is 1.00. The zero-order valence-corrected chi connectivity index (χ0v) is 13.9. The second-order valence-electron chi connectivity index (χ2n) is 7.40. The van der Waals surface area contributed by atoms with Crippen molar-refractivity contribution in [2.24, 2.45) is 11.8 Å². The van der Waals surface area contributed by atoms with Crippen LogP contribution in [0.25, 0.3) is 0 Å². The molecule has 3 heteroatoms. The molecule has 2 heterocycles. The second kappa shape index (κ2) is 7.02. The summed E-state index contributed by atoms with van der Waals surface area (Å²) in [5, 5.41) is 3.85. The Bertz CT molecular complexity index is 303. The van der Waals surface area contributed by atoms with E-state index in [1.165, 1.54) is 69.4 Å². The summed E-state index contributed by atoms with van der Waals surface area (Å²) in [5.74, 6) is 4.48. The van der Waals surface area contributed by atoms with Gasteiger partial charge in [-0.1, -0.05) is 26.2 Å². The SMILES string of the molecule is CC1CCCC(CCNC2CCOC3(CCSC3)C2)C1. The Hall–Kier alpha value is 0.270. The Morgan fingerprint density at radius 1 is 1.30 bits per heavy atom. The van der Waals surface area contributed by atoms with E-state index >= 15 is 0 Å². The van der Waals surface area contributed by atoms with E-state index in [-0.39, 0.29) is 5.60 Å². The highest BCUT2D eigenvalue weighted by molar-refractivity contribution is 7.99. The van der Waals surface area contributed by atoms with Crippen LogP contribution in [-0.2, 0) is 4.74 Å². The van der Waals surface area contributed by atoms with Gasteiger partial charge in [0.15, 0.2) is 0 Å². The first kappa shape index (κ1) is 15.2. The molecule has 0 bridgehead atoms. The number of ether oxygens (including phenoxy) is 1. The molecule has 3 fully saturated rings. The molecule has 1 aliphatic carbocycles. The summed E-state index contributed by atoms with van der Waals surface area (Å²) in [6.07, 6.45) is 11.0. The van der Waals surface area contributed by atoms with Crippen LogP contribution < -0.4 is 5.32 Å². The first-order chi connectivity index (χ1) is 9.76. The first-order valence-corrected chi connectivity index (χ1v) is 9.86. The van der Waals surface area contributed by atoms with E-state index in [0.29, 0.717) is 6.04 Å². The maximum Gasteiger partial charge on any atom is 0.0795 e. The molecule has 0 aromatic rings. The molecule has 1 spiro atoms. The maximum absolute atomic E-state index is 6.11. The van der Waals surface area contributed by atoms with Gasteiger partial charge in [-0.3, -0.25) is 0 Å². The smallest absolute Gasteiger partial charge is 0.0795 e. The number of hydrogen-bond acceptors (Lipinski definition) is 3. The largest absolute Gasteiger partial charge is 0.374 e. The summed E-state index contributed by atoms with van der Waals surface area (Å²) < 4.78 is 6.11. The highest BCUT2D eigenvalue weighted by atomic mass is 32.2. The quantitative estimate of drug-likeness (QED) is 0.851. The van der Waals surface area contributed by atoms with Crippen LogP contribution in [0.4, 0.5) is 0 Å². The molecule has 4 unspecified atom stereocenters. The summed E-state index contributed by atoms with van der Waals surface area (Å²) in [5.41, 5.74) is 0.236. The van der Waals surface area contributed by atoms with Crippen LogP contribution in [0, 0.1) is 11.8 Å². The number of thioether (sulfide) groups is 1. The molecule has 2 nitrogen and oxygen atoms in total. The second-order valence-corrected chi connectivity index (χ2v) is 8.51. The fourth-order valence-electron chi connectivity index (χ4n) is 4.38. The molecule has 0 radical (unpaired) electrons. The third kappa shape index (κ3) is 3.92. The third-order valence-corrected chi connectivity index (χ3v) is 6.81. The maximum atomic E-state index is 6.11.